The summed E-state index contributed by atoms with van der Waals surface area (Å²) in [6.45, 7) is 2.82. The summed E-state index contributed by atoms with van der Waals surface area (Å²) in [5.41, 5.74) is 1.02. The van der Waals surface area contributed by atoms with Gasteiger partial charge in [0.1, 0.15) is 0 Å². The summed E-state index contributed by atoms with van der Waals surface area (Å²) in [6.07, 6.45) is 6.63. The van der Waals surface area contributed by atoms with Crippen LogP contribution >= 0.6 is 0 Å². The number of fused-ring (bicyclic) bond motifs is 1. The Kier molecular flexibility index (Phi) is 3.99. The number of aliphatic hydroxyl groups excluding tert-OH is 1. The van der Waals surface area contributed by atoms with Crippen LogP contribution in [-0.2, 0) is 4.74 Å². The molecular weight excluding hydrogens is 250 g/mol. The Morgan fingerprint density at radius 2 is 2.20 bits per heavy atom. The lowest BCUT2D eigenvalue weighted by Gasteiger charge is -2.36. The lowest BCUT2D eigenvalue weighted by atomic mass is 9.77. The van der Waals surface area contributed by atoms with Gasteiger partial charge < -0.3 is 9.84 Å². The topological polar surface area (TPSA) is 42.4 Å². The number of rotatable bonds is 5. The molecule has 1 heterocycles. The SMILES string of the molecule is CCOC1CC(CC(O)c2cccc3cnccc23)C1. The number of hydrogen-bond donors (Lipinski definition) is 1. The van der Waals surface area contributed by atoms with Gasteiger partial charge >= 0.3 is 0 Å². The lowest BCUT2D eigenvalue weighted by molar-refractivity contribution is -0.0378. The maximum absolute atomic E-state index is 10.5. The van der Waals surface area contributed by atoms with Crippen LogP contribution in [0.5, 0.6) is 0 Å². The molecule has 2 aromatic rings. The summed E-state index contributed by atoms with van der Waals surface area (Å²) in [6, 6.07) is 8.03. The van der Waals surface area contributed by atoms with Crippen molar-refractivity contribution in [3.05, 3.63) is 42.2 Å². The highest BCUT2D eigenvalue weighted by atomic mass is 16.5. The average Bonchev–Trinajstić information content (AvgIpc) is 2.44. The normalized spacial score (nSPS) is 23.5. The summed E-state index contributed by atoms with van der Waals surface area (Å²) in [4.78, 5) is 4.13. The summed E-state index contributed by atoms with van der Waals surface area (Å²) in [5.74, 6) is 0.582. The van der Waals surface area contributed by atoms with E-state index in [1.165, 1.54) is 0 Å². The van der Waals surface area contributed by atoms with Crippen LogP contribution in [0, 0.1) is 5.92 Å². The Morgan fingerprint density at radius 1 is 1.35 bits per heavy atom. The predicted octanol–water partition coefficient (Wildman–Crippen LogP) is 3.47. The molecule has 3 nitrogen and oxygen atoms in total. The van der Waals surface area contributed by atoms with E-state index in [4.69, 9.17) is 4.74 Å². The third-order valence-electron chi connectivity index (χ3n) is 4.22. The van der Waals surface area contributed by atoms with Crippen LogP contribution in [0.4, 0.5) is 0 Å². The van der Waals surface area contributed by atoms with E-state index in [0.29, 0.717) is 12.0 Å². The van der Waals surface area contributed by atoms with Gasteiger partial charge in [-0.2, -0.15) is 0 Å². The van der Waals surface area contributed by atoms with Gasteiger partial charge in [-0.15, -0.1) is 0 Å². The van der Waals surface area contributed by atoms with E-state index < -0.39 is 6.10 Å². The Balaban J connectivity index is 1.69. The van der Waals surface area contributed by atoms with Crippen molar-refractivity contribution in [1.29, 1.82) is 0 Å². The minimum Gasteiger partial charge on any atom is -0.388 e. The highest BCUT2D eigenvalue weighted by Gasteiger charge is 2.31. The van der Waals surface area contributed by atoms with E-state index in [9.17, 15) is 5.11 Å². The van der Waals surface area contributed by atoms with Crippen molar-refractivity contribution in [2.45, 2.75) is 38.4 Å². The number of ether oxygens (including phenoxy) is 1. The Hall–Kier alpha value is -1.45. The molecule has 0 saturated heterocycles. The molecule has 1 aromatic carbocycles. The first-order valence-corrected chi connectivity index (χ1v) is 7.40. The molecule has 3 rings (SSSR count). The molecule has 106 valence electrons. The fourth-order valence-corrected chi connectivity index (χ4v) is 3.12. The van der Waals surface area contributed by atoms with Crippen molar-refractivity contribution >= 4 is 10.8 Å². The Morgan fingerprint density at radius 3 is 3.00 bits per heavy atom. The van der Waals surface area contributed by atoms with Gasteiger partial charge in [0, 0.05) is 24.4 Å². The minimum absolute atomic E-state index is 0.395. The van der Waals surface area contributed by atoms with Gasteiger partial charge in [-0.25, -0.2) is 0 Å². The zero-order valence-electron chi connectivity index (χ0n) is 11.8. The molecule has 1 N–H and O–H groups in total. The second-order valence-corrected chi connectivity index (χ2v) is 5.61. The van der Waals surface area contributed by atoms with Gasteiger partial charge in [0.05, 0.1) is 12.2 Å². The van der Waals surface area contributed by atoms with Crippen molar-refractivity contribution in [2.24, 2.45) is 5.92 Å². The third kappa shape index (κ3) is 2.69. The molecule has 1 aliphatic rings. The van der Waals surface area contributed by atoms with Crippen LogP contribution in [0.25, 0.3) is 10.8 Å². The predicted molar refractivity (Wildman–Crippen MR) is 79.5 cm³/mol. The molecule has 1 atom stereocenters. The number of aromatic nitrogens is 1. The third-order valence-corrected chi connectivity index (χ3v) is 4.22. The van der Waals surface area contributed by atoms with Gasteiger partial charge in [-0.05, 0) is 49.1 Å². The highest BCUT2D eigenvalue weighted by molar-refractivity contribution is 5.85. The Bertz CT molecular complexity index is 573. The fraction of sp³-hybridized carbons (Fsp3) is 0.471. The van der Waals surface area contributed by atoms with Crippen molar-refractivity contribution in [3.8, 4) is 0 Å². The van der Waals surface area contributed by atoms with Crippen molar-refractivity contribution < 1.29 is 9.84 Å². The largest absolute Gasteiger partial charge is 0.388 e. The molecule has 1 aromatic heterocycles. The number of benzene rings is 1. The molecule has 1 saturated carbocycles. The van der Waals surface area contributed by atoms with E-state index in [-0.39, 0.29) is 0 Å². The number of hydrogen-bond acceptors (Lipinski definition) is 3. The monoisotopic (exact) mass is 271 g/mol. The first kappa shape index (κ1) is 13.5. The van der Waals surface area contributed by atoms with Crippen molar-refractivity contribution in [2.75, 3.05) is 6.61 Å². The van der Waals surface area contributed by atoms with Gasteiger partial charge in [0.15, 0.2) is 0 Å². The molecule has 0 spiro atoms. The van der Waals surface area contributed by atoms with E-state index in [0.717, 1.165) is 42.2 Å². The molecular formula is C17H21NO2. The van der Waals surface area contributed by atoms with E-state index >= 15 is 0 Å². The van der Waals surface area contributed by atoms with Crippen LogP contribution in [0.3, 0.4) is 0 Å². The maximum Gasteiger partial charge on any atom is 0.0798 e. The summed E-state index contributed by atoms with van der Waals surface area (Å²) >= 11 is 0. The molecule has 0 amide bonds. The van der Waals surface area contributed by atoms with Crippen molar-refractivity contribution in [3.63, 3.8) is 0 Å². The standard InChI is InChI=1S/C17H21NO2/c1-2-20-14-8-12(9-14)10-17(19)16-5-3-4-13-11-18-7-6-15(13)16/h3-7,11-12,14,17,19H,2,8-10H2,1H3. The molecule has 0 radical (unpaired) electrons. The average molecular weight is 271 g/mol. The molecule has 3 heteroatoms. The summed E-state index contributed by atoms with van der Waals surface area (Å²) in [7, 11) is 0. The minimum atomic E-state index is -0.395. The molecule has 0 bridgehead atoms. The van der Waals surface area contributed by atoms with Gasteiger partial charge in [0.25, 0.3) is 0 Å². The van der Waals surface area contributed by atoms with Gasteiger partial charge in [-0.1, -0.05) is 18.2 Å². The summed E-state index contributed by atoms with van der Waals surface area (Å²) < 4.78 is 5.58. The van der Waals surface area contributed by atoms with Crippen LogP contribution in [0.2, 0.25) is 0 Å². The number of aliphatic hydroxyl groups is 1. The molecule has 1 fully saturated rings. The van der Waals surface area contributed by atoms with Crippen LogP contribution in [0.15, 0.2) is 36.7 Å². The van der Waals surface area contributed by atoms with Gasteiger partial charge in [0.2, 0.25) is 0 Å². The van der Waals surface area contributed by atoms with Crippen LogP contribution in [0.1, 0.15) is 37.9 Å². The first-order valence-electron chi connectivity index (χ1n) is 7.40. The smallest absolute Gasteiger partial charge is 0.0798 e. The summed E-state index contributed by atoms with van der Waals surface area (Å²) in [5, 5.41) is 12.7. The van der Waals surface area contributed by atoms with Crippen LogP contribution < -0.4 is 0 Å². The molecule has 20 heavy (non-hydrogen) atoms. The first-order chi connectivity index (χ1) is 9.78. The quantitative estimate of drug-likeness (QED) is 0.905. The molecule has 0 aliphatic heterocycles. The maximum atomic E-state index is 10.5. The molecule has 1 aliphatic carbocycles. The van der Waals surface area contributed by atoms with Crippen molar-refractivity contribution in [1.82, 2.24) is 4.98 Å². The second kappa shape index (κ2) is 5.90. The zero-order chi connectivity index (χ0) is 13.9. The number of pyridine rings is 1. The van der Waals surface area contributed by atoms with E-state index in [2.05, 4.69) is 4.98 Å². The van der Waals surface area contributed by atoms with E-state index in [1.807, 2.05) is 37.4 Å². The lowest BCUT2D eigenvalue weighted by Crippen LogP contribution is -2.32. The van der Waals surface area contributed by atoms with Gasteiger partial charge in [-0.3, -0.25) is 4.98 Å². The zero-order valence-corrected chi connectivity index (χ0v) is 11.8. The Labute approximate surface area is 119 Å². The fourth-order valence-electron chi connectivity index (χ4n) is 3.12. The van der Waals surface area contributed by atoms with Crippen LogP contribution in [-0.4, -0.2) is 22.8 Å². The second-order valence-electron chi connectivity index (χ2n) is 5.61. The number of nitrogens with zero attached hydrogens (tertiary/aromatic N) is 1. The van der Waals surface area contributed by atoms with E-state index in [1.54, 1.807) is 6.20 Å². The highest BCUT2D eigenvalue weighted by Crippen LogP contribution is 2.38. The molecule has 1 unspecified atom stereocenters.